The van der Waals surface area contributed by atoms with Gasteiger partial charge in [-0.1, -0.05) is 68.5 Å². The normalized spacial score (nSPS) is 16.2. The van der Waals surface area contributed by atoms with Gasteiger partial charge in [-0.15, -0.1) is 0 Å². The molecule has 0 spiro atoms. The quantitative estimate of drug-likeness (QED) is 0.0802. The van der Waals surface area contributed by atoms with Gasteiger partial charge in [0, 0.05) is 54.7 Å². The number of amides is 1. The minimum absolute atomic E-state index is 0. The monoisotopic (exact) mass is 855 g/mol. The van der Waals surface area contributed by atoms with Crippen LogP contribution in [0.5, 0.6) is 0 Å². The molecule has 2 aromatic carbocycles. The summed E-state index contributed by atoms with van der Waals surface area (Å²) in [6.07, 6.45) is 10.4. The van der Waals surface area contributed by atoms with E-state index in [4.69, 9.17) is 37.9 Å². The van der Waals surface area contributed by atoms with Crippen LogP contribution in [0.1, 0.15) is 59.6 Å². The predicted octanol–water partition coefficient (Wildman–Crippen LogP) is 4.13. The smallest absolute Gasteiger partial charge is 0.407 e. The number of carbonyl (C=O) groups excluding carboxylic acids is 1. The maximum absolute atomic E-state index is 11.7. The Labute approximate surface area is 365 Å². The van der Waals surface area contributed by atoms with Crippen molar-refractivity contribution in [3.8, 4) is 0 Å². The molecule has 0 saturated carbocycles. The zero-order chi connectivity index (χ0) is 42.6. The number of nitrogens with zero attached hydrogens (tertiary/aromatic N) is 2. The average molecular weight is 857 g/mol. The number of fused-ring (bicyclic) bond motifs is 2. The number of anilines is 1. The summed E-state index contributed by atoms with van der Waals surface area (Å²) in [7, 11) is 1.66. The SMILES string of the molecule is COCCOCCOCCOCCN1/C(=C/C=C/C=C/C2=[N+](CCOCCOCCOCCNC(=O)OC(C)(C)C)c3ccccc3C2(C)C)C(C)(C)c2ccccc21.[Cl-]. The van der Waals surface area contributed by atoms with Crippen LogP contribution in [-0.2, 0) is 48.7 Å². The molecule has 2 heterocycles. The summed E-state index contributed by atoms with van der Waals surface area (Å²) < 4.78 is 46.9. The molecule has 12 nitrogen and oxygen atoms in total. The van der Waals surface area contributed by atoms with Crippen molar-refractivity contribution in [3.63, 3.8) is 0 Å². The number of alkyl carbamates (subject to hydrolysis) is 1. The van der Waals surface area contributed by atoms with E-state index in [2.05, 4.69) is 121 Å². The number of nitrogens with one attached hydrogen (secondary N) is 1. The molecule has 0 radical (unpaired) electrons. The molecule has 2 aliphatic heterocycles. The van der Waals surface area contributed by atoms with Crippen LogP contribution < -0.4 is 22.6 Å². The van der Waals surface area contributed by atoms with Gasteiger partial charge in [-0.05, 0) is 52.3 Å². The van der Waals surface area contributed by atoms with E-state index in [0.29, 0.717) is 92.4 Å². The van der Waals surface area contributed by atoms with E-state index in [1.165, 1.54) is 33.9 Å². The van der Waals surface area contributed by atoms with Crippen molar-refractivity contribution >= 4 is 23.2 Å². The van der Waals surface area contributed by atoms with Crippen molar-refractivity contribution in [2.45, 2.75) is 64.9 Å². The number of hydrogen-bond donors (Lipinski definition) is 1. The van der Waals surface area contributed by atoms with Crippen molar-refractivity contribution in [1.82, 2.24) is 5.32 Å². The fraction of sp³-hybridized carbons (Fsp3) is 0.574. The van der Waals surface area contributed by atoms with Gasteiger partial charge in [0.1, 0.15) is 12.2 Å². The lowest BCUT2D eigenvalue weighted by Gasteiger charge is -2.27. The molecule has 0 fully saturated rings. The topological polar surface area (TPSA) is 109 Å². The molecule has 0 bridgehead atoms. The number of hydrogen-bond acceptors (Lipinski definition) is 10. The van der Waals surface area contributed by atoms with Crippen LogP contribution in [0.15, 0.2) is 84.6 Å². The van der Waals surface area contributed by atoms with E-state index in [9.17, 15) is 4.79 Å². The minimum Gasteiger partial charge on any atom is -1.00 e. The number of methoxy groups -OCH3 is 1. The fourth-order valence-corrected chi connectivity index (χ4v) is 7.20. The highest BCUT2D eigenvalue weighted by atomic mass is 35.5. The highest BCUT2D eigenvalue weighted by molar-refractivity contribution is 6.03. The number of allylic oxidation sites excluding steroid dienone is 6. The predicted molar refractivity (Wildman–Crippen MR) is 233 cm³/mol. The maximum atomic E-state index is 11.7. The zero-order valence-electron chi connectivity index (χ0n) is 37.3. The molecule has 0 aromatic heterocycles. The summed E-state index contributed by atoms with van der Waals surface area (Å²) in [4.78, 5) is 14.1. The highest BCUT2D eigenvalue weighted by Gasteiger charge is 2.44. The van der Waals surface area contributed by atoms with Crippen molar-refractivity contribution in [1.29, 1.82) is 0 Å². The summed E-state index contributed by atoms with van der Waals surface area (Å²) in [5, 5.41) is 2.68. The van der Waals surface area contributed by atoms with Crippen LogP contribution in [0.2, 0.25) is 0 Å². The molecule has 1 amide bonds. The lowest BCUT2D eigenvalue weighted by atomic mass is 9.81. The first-order valence-electron chi connectivity index (χ1n) is 21.0. The Bertz CT molecular complexity index is 1720. The van der Waals surface area contributed by atoms with E-state index in [0.717, 1.165) is 13.1 Å². The summed E-state index contributed by atoms with van der Waals surface area (Å²) >= 11 is 0. The Morgan fingerprint density at radius 1 is 0.683 bits per heavy atom. The molecule has 60 heavy (non-hydrogen) atoms. The third-order valence-corrected chi connectivity index (χ3v) is 10.1. The number of benzene rings is 2. The summed E-state index contributed by atoms with van der Waals surface area (Å²) in [5.41, 5.74) is 6.67. The van der Waals surface area contributed by atoms with Gasteiger partial charge in [-0.2, -0.15) is 4.58 Å². The largest absolute Gasteiger partial charge is 1.00 e. The Balaban J connectivity index is 0.00000961. The number of para-hydroxylation sites is 2. The summed E-state index contributed by atoms with van der Waals surface area (Å²) in [6, 6.07) is 17.3. The van der Waals surface area contributed by atoms with Gasteiger partial charge in [0.05, 0.1) is 84.7 Å². The van der Waals surface area contributed by atoms with Crippen LogP contribution in [0.4, 0.5) is 16.2 Å². The van der Waals surface area contributed by atoms with E-state index in [-0.39, 0.29) is 23.2 Å². The third kappa shape index (κ3) is 15.7. The van der Waals surface area contributed by atoms with Gasteiger partial charge in [-0.3, -0.25) is 0 Å². The van der Waals surface area contributed by atoms with Crippen molar-refractivity contribution in [2.75, 3.05) is 118 Å². The molecule has 4 rings (SSSR count). The lowest BCUT2D eigenvalue weighted by molar-refractivity contribution is -0.442. The highest BCUT2D eigenvalue weighted by Crippen LogP contribution is 2.47. The van der Waals surface area contributed by atoms with Crippen LogP contribution >= 0.6 is 0 Å². The van der Waals surface area contributed by atoms with E-state index >= 15 is 0 Å². The number of ether oxygens (including phenoxy) is 8. The van der Waals surface area contributed by atoms with Gasteiger partial charge < -0.3 is 60.5 Å². The second-order valence-electron chi connectivity index (χ2n) is 16.4. The zero-order valence-corrected chi connectivity index (χ0v) is 38.0. The summed E-state index contributed by atoms with van der Waals surface area (Å²) in [6.45, 7) is 23.2. The molecule has 1 N–H and O–H groups in total. The molecule has 0 unspecified atom stereocenters. The number of halogens is 1. The second-order valence-corrected chi connectivity index (χ2v) is 16.4. The van der Waals surface area contributed by atoms with Crippen LogP contribution in [-0.4, -0.2) is 135 Å². The Kier molecular flexibility index (Phi) is 22.0. The Hall–Kier alpha value is -3.59. The third-order valence-electron chi connectivity index (χ3n) is 10.1. The second kappa shape index (κ2) is 26.0. The summed E-state index contributed by atoms with van der Waals surface area (Å²) in [5.74, 6) is 0. The van der Waals surface area contributed by atoms with E-state index in [1.54, 1.807) is 7.11 Å². The van der Waals surface area contributed by atoms with Gasteiger partial charge >= 0.3 is 6.09 Å². The van der Waals surface area contributed by atoms with E-state index < -0.39 is 11.7 Å². The Morgan fingerprint density at radius 2 is 1.23 bits per heavy atom. The fourth-order valence-electron chi connectivity index (χ4n) is 7.20. The molecule has 13 heteroatoms. The molecular formula is C47H70ClN3O9. The van der Waals surface area contributed by atoms with Crippen LogP contribution in [0, 0.1) is 0 Å². The van der Waals surface area contributed by atoms with E-state index in [1.807, 2.05) is 20.8 Å². The standard InChI is InChI=1S/C47H69N3O9.ClH/c1-45(2,3)59-44(51)48-22-25-53-30-33-57-34-31-54-26-23-49-40-18-14-12-16-38(40)46(4,5)42(49)20-10-9-11-21-43-47(6,7)39-17-13-15-19-41(39)50(43)24-27-55-32-35-58-37-36-56-29-28-52-8;/h9-21H,22-37H2,1-8H3;1H. The minimum atomic E-state index is -0.522. The van der Waals surface area contributed by atoms with Crippen molar-refractivity contribution < 1.29 is 59.7 Å². The van der Waals surface area contributed by atoms with Gasteiger partial charge in [0.2, 0.25) is 5.69 Å². The lowest BCUT2D eigenvalue weighted by Crippen LogP contribution is -3.00. The number of carbonyl (C=O) groups is 1. The molecule has 0 aliphatic carbocycles. The average Bonchev–Trinajstić information content (AvgIpc) is 3.54. The molecule has 334 valence electrons. The van der Waals surface area contributed by atoms with Crippen LogP contribution in [0.25, 0.3) is 0 Å². The van der Waals surface area contributed by atoms with Gasteiger partial charge in [0.15, 0.2) is 12.3 Å². The van der Waals surface area contributed by atoms with Gasteiger partial charge in [0.25, 0.3) is 0 Å². The molecule has 2 aliphatic rings. The molecule has 2 aromatic rings. The molecule has 0 atom stereocenters. The number of rotatable bonds is 27. The maximum Gasteiger partial charge on any atom is 0.407 e. The first kappa shape index (κ1) is 50.8. The first-order chi connectivity index (χ1) is 28.4. The first-order valence-corrected chi connectivity index (χ1v) is 21.0. The van der Waals surface area contributed by atoms with Crippen molar-refractivity contribution in [2.24, 2.45) is 0 Å². The van der Waals surface area contributed by atoms with Crippen LogP contribution in [0.3, 0.4) is 0 Å². The Morgan fingerprint density at radius 3 is 1.87 bits per heavy atom. The van der Waals surface area contributed by atoms with Gasteiger partial charge in [-0.25, -0.2) is 4.79 Å². The van der Waals surface area contributed by atoms with Crippen molar-refractivity contribution in [3.05, 3.63) is 95.7 Å². The molecular weight excluding hydrogens is 786 g/mol. The molecule has 0 saturated heterocycles.